The first kappa shape index (κ1) is 9.94. The second-order valence-electron chi connectivity index (χ2n) is 2.28. The number of thioether (sulfide) groups is 1. The summed E-state index contributed by atoms with van der Waals surface area (Å²) in [4.78, 5) is 1.21. The maximum Gasteiger partial charge on any atom is 0.0699 e. The third-order valence-corrected chi connectivity index (χ3v) is 2.21. The molecule has 1 rings (SSSR count). The molecule has 0 radical (unpaired) electrons. The van der Waals surface area contributed by atoms with Gasteiger partial charge in [-0.15, -0.1) is 0 Å². The highest BCUT2D eigenvalue weighted by Gasteiger charge is 1.87. The highest BCUT2D eigenvalue weighted by molar-refractivity contribution is 14.1. The van der Waals surface area contributed by atoms with Crippen LogP contribution < -0.4 is 0 Å². The van der Waals surface area contributed by atoms with Crippen LogP contribution in [-0.2, 0) is 0 Å². The zero-order valence-electron chi connectivity index (χ0n) is 6.75. The van der Waals surface area contributed by atoms with Gasteiger partial charge >= 0.3 is 0 Å². The number of hydrogen-bond acceptors (Lipinski definition) is 1. The lowest BCUT2D eigenvalue weighted by atomic mass is 10.4. The van der Waals surface area contributed by atoms with Gasteiger partial charge in [0.05, 0.1) is 3.92 Å². The monoisotopic (exact) mass is 288 g/mol. The van der Waals surface area contributed by atoms with E-state index in [-0.39, 0.29) is 0 Å². The predicted octanol–water partition coefficient (Wildman–Crippen LogP) is 3.56. The molecule has 0 heterocycles. The van der Waals surface area contributed by atoms with Gasteiger partial charge in [-0.05, 0) is 36.1 Å². The first-order valence-electron chi connectivity index (χ1n) is 3.65. The van der Waals surface area contributed by atoms with Crippen LogP contribution in [0.15, 0.2) is 35.2 Å². The molecule has 1 aromatic carbocycles. The van der Waals surface area contributed by atoms with Crippen LogP contribution >= 0.6 is 34.4 Å². The highest BCUT2D eigenvalue weighted by atomic mass is 127. The normalized spacial score (nSPS) is 11.5. The summed E-state index contributed by atoms with van der Waals surface area (Å²) < 4.78 is 0.429. The summed E-state index contributed by atoms with van der Waals surface area (Å²) in [6.07, 6.45) is 0. The third-order valence-electron chi connectivity index (χ3n) is 1.17. The second kappa shape index (κ2) is 5.50. The third kappa shape index (κ3) is 4.03. The van der Waals surface area contributed by atoms with E-state index >= 15 is 0 Å². The summed E-state index contributed by atoms with van der Waals surface area (Å²) in [7, 11) is 0. The summed E-state index contributed by atoms with van der Waals surface area (Å²) >= 11 is 3.88. The molecule has 0 saturated carbocycles. The van der Waals surface area contributed by atoms with Crippen LogP contribution in [0, 0.1) is 11.2 Å². The number of hydrogen-bond donors (Lipinski definition) is 0. The summed E-state index contributed by atoms with van der Waals surface area (Å²) in [5, 5.41) is 3.06. The minimum Gasteiger partial charge on any atom is -0.0771 e. The second-order valence-corrected chi connectivity index (χ2v) is 5.03. The number of rotatable bonds is 1. The van der Waals surface area contributed by atoms with Crippen molar-refractivity contribution in [1.82, 2.24) is 0 Å². The Labute approximate surface area is 91.3 Å². The molecule has 0 aromatic heterocycles. The van der Waals surface area contributed by atoms with Crippen molar-refractivity contribution in [2.45, 2.75) is 15.7 Å². The van der Waals surface area contributed by atoms with Gasteiger partial charge in [-0.1, -0.05) is 46.7 Å². The molecule has 0 spiro atoms. The number of alkyl halides is 1. The first-order chi connectivity index (χ1) is 5.79. The minimum atomic E-state index is 0.429. The van der Waals surface area contributed by atoms with Gasteiger partial charge in [0.25, 0.3) is 0 Å². The molecular formula is C10H9IS. The average molecular weight is 288 g/mol. The Hall–Kier alpha value is -0.140. The lowest BCUT2D eigenvalue weighted by Crippen LogP contribution is -1.78. The van der Waals surface area contributed by atoms with Crippen molar-refractivity contribution < 1.29 is 0 Å². The maximum absolute atomic E-state index is 3.09. The largest absolute Gasteiger partial charge is 0.0771 e. The van der Waals surface area contributed by atoms with Gasteiger partial charge in [-0.3, -0.25) is 0 Å². The van der Waals surface area contributed by atoms with E-state index in [9.17, 15) is 0 Å². The van der Waals surface area contributed by atoms with E-state index in [1.807, 2.05) is 18.2 Å². The minimum absolute atomic E-state index is 0.429. The molecule has 0 aliphatic rings. The van der Waals surface area contributed by atoms with Crippen LogP contribution in [0.3, 0.4) is 0 Å². The molecule has 0 bridgehead atoms. The van der Waals surface area contributed by atoms with E-state index in [2.05, 4.69) is 52.8 Å². The molecule has 0 nitrogen and oxygen atoms in total. The van der Waals surface area contributed by atoms with Crippen molar-refractivity contribution in [3.63, 3.8) is 0 Å². The Morgan fingerprint density at radius 2 is 2.00 bits per heavy atom. The molecule has 1 aromatic rings. The molecular weight excluding hydrogens is 279 g/mol. The zero-order valence-corrected chi connectivity index (χ0v) is 9.72. The SMILES string of the molecule is CC(I)C#CSc1ccccc1. The maximum atomic E-state index is 3.09. The lowest BCUT2D eigenvalue weighted by Gasteiger charge is -1.90. The predicted molar refractivity (Wildman–Crippen MR) is 63.6 cm³/mol. The van der Waals surface area contributed by atoms with E-state index in [1.165, 1.54) is 4.90 Å². The quantitative estimate of drug-likeness (QED) is 0.329. The van der Waals surface area contributed by atoms with Crippen LogP contribution in [0.5, 0.6) is 0 Å². The van der Waals surface area contributed by atoms with Crippen molar-refractivity contribution >= 4 is 34.4 Å². The van der Waals surface area contributed by atoms with Crippen LogP contribution in [0.25, 0.3) is 0 Å². The lowest BCUT2D eigenvalue weighted by molar-refractivity contribution is 1.36. The van der Waals surface area contributed by atoms with E-state index < -0.39 is 0 Å². The van der Waals surface area contributed by atoms with Gasteiger partial charge in [-0.2, -0.15) is 0 Å². The topological polar surface area (TPSA) is 0 Å². The molecule has 62 valence electrons. The van der Waals surface area contributed by atoms with Crippen molar-refractivity contribution in [2.75, 3.05) is 0 Å². The fourth-order valence-electron chi connectivity index (χ4n) is 0.658. The van der Waals surface area contributed by atoms with E-state index in [0.717, 1.165) is 0 Å². The smallest absolute Gasteiger partial charge is 0.0699 e. The summed E-state index contributed by atoms with van der Waals surface area (Å²) in [6, 6.07) is 10.2. The van der Waals surface area contributed by atoms with Crippen molar-refractivity contribution in [1.29, 1.82) is 0 Å². The van der Waals surface area contributed by atoms with E-state index in [1.54, 1.807) is 11.8 Å². The van der Waals surface area contributed by atoms with Gasteiger partial charge < -0.3 is 0 Å². The van der Waals surface area contributed by atoms with Crippen molar-refractivity contribution in [3.8, 4) is 11.2 Å². The van der Waals surface area contributed by atoms with Gasteiger partial charge in [0.1, 0.15) is 0 Å². The number of halogens is 1. The average Bonchev–Trinajstić information content (AvgIpc) is 2.05. The molecule has 0 fully saturated rings. The summed E-state index contributed by atoms with van der Waals surface area (Å²) in [5.74, 6) is 3.09. The Balaban J connectivity index is 2.51. The summed E-state index contributed by atoms with van der Waals surface area (Å²) in [5.41, 5.74) is 0. The van der Waals surface area contributed by atoms with Crippen LogP contribution in [-0.4, -0.2) is 3.92 Å². The van der Waals surface area contributed by atoms with Crippen molar-refractivity contribution in [2.24, 2.45) is 0 Å². The molecule has 0 N–H and O–H groups in total. The summed E-state index contributed by atoms with van der Waals surface area (Å²) in [6.45, 7) is 2.08. The molecule has 0 saturated heterocycles. The Morgan fingerprint density at radius 1 is 1.33 bits per heavy atom. The molecule has 12 heavy (non-hydrogen) atoms. The fraction of sp³-hybridized carbons (Fsp3) is 0.200. The Morgan fingerprint density at radius 3 is 2.58 bits per heavy atom. The zero-order chi connectivity index (χ0) is 8.81. The van der Waals surface area contributed by atoms with Gasteiger partial charge in [0.15, 0.2) is 0 Å². The van der Waals surface area contributed by atoms with E-state index in [4.69, 9.17) is 0 Å². The van der Waals surface area contributed by atoms with E-state index in [0.29, 0.717) is 3.92 Å². The molecule has 0 aliphatic carbocycles. The van der Waals surface area contributed by atoms with Gasteiger partial charge in [-0.25, -0.2) is 0 Å². The molecule has 1 unspecified atom stereocenters. The number of benzene rings is 1. The van der Waals surface area contributed by atoms with Crippen LogP contribution in [0.1, 0.15) is 6.92 Å². The van der Waals surface area contributed by atoms with Crippen molar-refractivity contribution in [3.05, 3.63) is 30.3 Å². The Bertz CT molecular complexity index is 282. The fourth-order valence-corrected chi connectivity index (χ4v) is 1.67. The Kier molecular flexibility index (Phi) is 4.55. The highest BCUT2D eigenvalue weighted by Crippen LogP contribution is 2.15. The molecule has 1 atom stereocenters. The standard InChI is InChI=1S/C10H9IS/c1-9(11)7-8-12-10-5-3-2-4-6-10/h2-6,9H,1H3. The van der Waals surface area contributed by atoms with Gasteiger partial charge in [0.2, 0.25) is 0 Å². The molecule has 2 heteroatoms. The van der Waals surface area contributed by atoms with Crippen LogP contribution in [0.2, 0.25) is 0 Å². The first-order valence-corrected chi connectivity index (χ1v) is 5.72. The van der Waals surface area contributed by atoms with Crippen LogP contribution in [0.4, 0.5) is 0 Å². The van der Waals surface area contributed by atoms with Gasteiger partial charge in [0, 0.05) is 4.90 Å². The molecule has 0 aliphatic heterocycles. The molecule has 0 amide bonds.